The molecule has 0 atom stereocenters. The molecule has 0 saturated carbocycles. The van der Waals surface area contributed by atoms with Gasteiger partial charge in [-0.3, -0.25) is 10.1 Å². The third-order valence-corrected chi connectivity index (χ3v) is 4.17. The van der Waals surface area contributed by atoms with E-state index in [2.05, 4.69) is 5.10 Å². The normalized spacial score (nSPS) is 11.8. The molecular weight excluding hydrogens is 332 g/mol. The fourth-order valence-electron chi connectivity index (χ4n) is 1.78. The number of sulfonamides is 1. The van der Waals surface area contributed by atoms with Crippen molar-refractivity contribution in [2.75, 3.05) is 5.73 Å². The Kier molecular flexibility index (Phi) is 5.27. The molecule has 0 aliphatic rings. The molecule has 9 heteroatoms. The first-order chi connectivity index (χ1) is 11.4. The number of nitrogens with zero attached hydrogens (tertiary/aromatic N) is 2. The van der Waals surface area contributed by atoms with Gasteiger partial charge in [0.1, 0.15) is 0 Å². The van der Waals surface area contributed by atoms with Crippen molar-refractivity contribution in [3.63, 3.8) is 0 Å². The van der Waals surface area contributed by atoms with Crippen LogP contribution in [0, 0.1) is 10.1 Å². The Balaban J connectivity index is 2.05. The zero-order valence-corrected chi connectivity index (χ0v) is 13.2. The Morgan fingerprint density at radius 2 is 1.79 bits per heavy atom. The summed E-state index contributed by atoms with van der Waals surface area (Å²) < 4.78 is 23.9. The number of benzene rings is 2. The van der Waals surface area contributed by atoms with E-state index in [4.69, 9.17) is 5.73 Å². The monoisotopic (exact) mass is 346 g/mol. The van der Waals surface area contributed by atoms with Gasteiger partial charge in [-0.05, 0) is 42.5 Å². The predicted molar refractivity (Wildman–Crippen MR) is 91.8 cm³/mol. The van der Waals surface area contributed by atoms with Crippen LogP contribution in [0.2, 0.25) is 0 Å². The molecule has 0 saturated heterocycles. The van der Waals surface area contributed by atoms with Crippen LogP contribution in [0.15, 0.2) is 64.6 Å². The van der Waals surface area contributed by atoms with Crippen LogP contribution < -0.4 is 10.6 Å². The van der Waals surface area contributed by atoms with Gasteiger partial charge >= 0.3 is 0 Å². The highest BCUT2D eigenvalue weighted by molar-refractivity contribution is 7.89. The van der Waals surface area contributed by atoms with Gasteiger partial charge in [0.2, 0.25) is 0 Å². The quantitative estimate of drug-likeness (QED) is 0.358. The van der Waals surface area contributed by atoms with Crippen LogP contribution in [0.3, 0.4) is 0 Å². The third-order valence-electron chi connectivity index (χ3n) is 2.93. The first-order valence-electron chi connectivity index (χ1n) is 6.70. The second-order valence-corrected chi connectivity index (χ2v) is 6.28. The standard InChI is InChI=1S/C15H14N4O4S/c16-13-7-9-14(10-8-13)24(22,23)18-17-11-3-5-12-4-1-2-6-15(12)19(20)21/h1-11,18H,16H2/b5-3+,17-11-. The van der Waals surface area contributed by atoms with Crippen molar-refractivity contribution in [3.05, 3.63) is 70.3 Å². The minimum atomic E-state index is -3.79. The first-order valence-corrected chi connectivity index (χ1v) is 8.19. The van der Waals surface area contributed by atoms with Gasteiger partial charge in [0.25, 0.3) is 15.7 Å². The van der Waals surface area contributed by atoms with E-state index in [1.54, 1.807) is 18.2 Å². The topological polar surface area (TPSA) is 128 Å². The van der Waals surface area contributed by atoms with E-state index in [0.29, 0.717) is 11.3 Å². The highest BCUT2D eigenvalue weighted by Crippen LogP contribution is 2.18. The zero-order valence-electron chi connectivity index (χ0n) is 12.4. The van der Waals surface area contributed by atoms with Crippen LogP contribution in [0.4, 0.5) is 11.4 Å². The molecule has 3 N–H and O–H groups in total. The van der Waals surface area contributed by atoms with E-state index >= 15 is 0 Å². The molecule has 2 rings (SSSR count). The Morgan fingerprint density at radius 3 is 2.46 bits per heavy atom. The average molecular weight is 346 g/mol. The number of nitrogens with one attached hydrogen (secondary N) is 1. The molecule has 0 spiro atoms. The lowest BCUT2D eigenvalue weighted by Crippen LogP contribution is -2.18. The van der Waals surface area contributed by atoms with E-state index in [9.17, 15) is 18.5 Å². The zero-order chi connectivity index (χ0) is 17.6. The van der Waals surface area contributed by atoms with Gasteiger partial charge in [0.05, 0.1) is 15.4 Å². The van der Waals surface area contributed by atoms with Crippen molar-refractivity contribution in [2.45, 2.75) is 4.90 Å². The van der Waals surface area contributed by atoms with Crippen molar-refractivity contribution in [3.8, 4) is 0 Å². The molecule has 124 valence electrons. The fourth-order valence-corrected chi connectivity index (χ4v) is 2.58. The molecule has 0 heterocycles. The lowest BCUT2D eigenvalue weighted by molar-refractivity contribution is -0.385. The van der Waals surface area contributed by atoms with E-state index in [0.717, 1.165) is 0 Å². The second kappa shape index (κ2) is 7.38. The lowest BCUT2D eigenvalue weighted by atomic mass is 10.2. The largest absolute Gasteiger partial charge is 0.399 e. The maximum atomic E-state index is 11.9. The minimum Gasteiger partial charge on any atom is -0.399 e. The second-order valence-electron chi connectivity index (χ2n) is 4.62. The maximum Gasteiger partial charge on any atom is 0.276 e. The number of nitro groups is 1. The average Bonchev–Trinajstić information content (AvgIpc) is 2.55. The predicted octanol–water partition coefficient (Wildman–Crippen LogP) is 2.15. The van der Waals surface area contributed by atoms with Gasteiger partial charge in [-0.15, -0.1) is 0 Å². The van der Waals surface area contributed by atoms with Crippen LogP contribution in [0.25, 0.3) is 6.08 Å². The van der Waals surface area contributed by atoms with Crippen molar-refractivity contribution in [2.24, 2.45) is 5.10 Å². The summed E-state index contributed by atoms with van der Waals surface area (Å²) in [5.41, 5.74) is 6.28. The van der Waals surface area contributed by atoms with Crippen LogP contribution in [0.5, 0.6) is 0 Å². The molecule has 0 aliphatic heterocycles. The molecular formula is C15H14N4O4S. The number of nitrogens with two attached hydrogens (primary N) is 1. The summed E-state index contributed by atoms with van der Waals surface area (Å²) >= 11 is 0. The van der Waals surface area contributed by atoms with Gasteiger partial charge in [-0.1, -0.05) is 12.1 Å². The summed E-state index contributed by atoms with van der Waals surface area (Å²) in [6, 6.07) is 11.8. The van der Waals surface area contributed by atoms with E-state index in [1.807, 2.05) is 4.83 Å². The summed E-state index contributed by atoms with van der Waals surface area (Å²) in [4.78, 5) is 12.4. The number of rotatable bonds is 6. The number of hydrogen-bond donors (Lipinski definition) is 2. The SMILES string of the molecule is Nc1ccc(S(=O)(=O)N/N=C\C=C\c2ccccc2[N+](=O)[O-])cc1. The van der Waals surface area contributed by atoms with Gasteiger partial charge in [-0.25, -0.2) is 4.83 Å². The smallest absolute Gasteiger partial charge is 0.276 e. The van der Waals surface area contributed by atoms with Gasteiger partial charge in [-0.2, -0.15) is 13.5 Å². The number of nitro benzene ring substituents is 1. The summed E-state index contributed by atoms with van der Waals surface area (Å²) in [5, 5.41) is 14.4. The number of hydrogen-bond acceptors (Lipinski definition) is 6. The molecule has 0 aromatic heterocycles. The highest BCUT2D eigenvalue weighted by Gasteiger charge is 2.11. The van der Waals surface area contributed by atoms with Crippen molar-refractivity contribution in [1.82, 2.24) is 4.83 Å². The van der Waals surface area contributed by atoms with Gasteiger partial charge in [0, 0.05) is 18.0 Å². The summed E-state index contributed by atoms with van der Waals surface area (Å²) in [6.45, 7) is 0. The molecule has 0 unspecified atom stereocenters. The molecule has 0 aliphatic carbocycles. The molecule has 8 nitrogen and oxygen atoms in total. The first kappa shape index (κ1) is 17.2. The van der Waals surface area contributed by atoms with Crippen LogP contribution in [0.1, 0.15) is 5.56 Å². The highest BCUT2D eigenvalue weighted by atomic mass is 32.2. The minimum absolute atomic E-state index is 0.0246. The molecule has 0 fully saturated rings. The fraction of sp³-hybridized carbons (Fsp3) is 0. The molecule has 2 aromatic carbocycles. The number of para-hydroxylation sites is 1. The van der Waals surface area contributed by atoms with Gasteiger partial charge in [0.15, 0.2) is 0 Å². The summed E-state index contributed by atoms with van der Waals surface area (Å²) in [5.74, 6) is 0. The third kappa shape index (κ3) is 4.40. The maximum absolute atomic E-state index is 11.9. The van der Waals surface area contributed by atoms with Gasteiger partial charge < -0.3 is 5.73 Å². The number of hydrazone groups is 1. The number of nitrogen functional groups attached to an aromatic ring is 1. The van der Waals surface area contributed by atoms with Crippen molar-refractivity contribution < 1.29 is 13.3 Å². The van der Waals surface area contributed by atoms with Crippen molar-refractivity contribution in [1.29, 1.82) is 0 Å². The Morgan fingerprint density at radius 1 is 1.12 bits per heavy atom. The Labute approximate surface area is 138 Å². The van der Waals surface area contributed by atoms with Crippen molar-refractivity contribution >= 4 is 33.7 Å². The van der Waals surface area contributed by atoms with E-state index in [1.165, 1.54) is 48.7 Å². The number of anilines is 1. The molecule has 24 heavy (non-hydrogen) atoms. The Hall–Kier alpha value is -3.20. The molecule has 2 aromatic rings. The van der Waals surface area contributed by atoms with Crippen LogP contribution in [-0.4, -0.2) is 19.6 Å². The lowest BCUT2D eigenvalue weighted by Gasteiger charge is -2.02. The molecule has 0 radical (unpaired) electrons. The van der Waals surface area contributed by atoms with Crippen LogP contribution in [-0.2, 0) is 10.0 Å². The Bertz CT molecular complexity index is 890. The molecule has 0 bridgehead atoms. The summed E-state index contributed by atoms with van der Waals surface area (Å²) in [6.07, 6.45) is 4.04. The number of allylic oxidation sites excluding steroid dienone is 1. The van der Waals surface area contributed by atoms with E-state index in [-0.39, 0.29) is 10.6 Å². The van der Waals surface area contributed by atoms with Crippen LogP contribution >= 0.6 is 0 Å². The van der Waals surface area contributed by atoms with E-state index < -0.39 is 14.9 Å². The summed E-state index contributed by atoms with van der Waals surface area (Å²) in [7, 11) is -3.79. The molecule has 0 amide bonds.